The number of carboxylic acids is 2. The summed E-state index contributed by atoms with van der Waals surface area (Å²) in [5.74, 6) is -4.40. The van der Waals surface area contributed by atoms with Gasteiger partial charge in [-0.15, -0.1) is 0 Å². The fraction of sp³-hybridized carbons (Fsp3) is 0.506. The number of nitrogens with one attached hydrogen (secondary N) is 5. The molecule has 0 spiro atoms. The van der Waals surface area contributed by atoms with Crippen molar-refractivity contribution in [3.05, 3.63) is 131 Å². The fourth-order valence-electron chi connectivity index (χ4n) is 18.3. The van der Waals surface area contributed by atoms with Gasteiger partial charge >= 0.3 is 24.1 Å². The molecule has 28 nitrogen and oxygen atoms in total. The highest BCUT2D eigenvalue weighted by Crippen LogP contribution is 2.72. The molecule has 574 valence electrons. The van der Waals surface area contributed by atoms with Gasteiger partial charge in [0.15, 0.2) is 10.8 Å². The number of urea groups is 1. The number of benzene rings is 3. The Labute approximate surface area is 631 Å². The first-order chi connectivity index (χ1) is 51.6. The molecule has 3 aromatic carbocycles. The predicted octanol–water partition coefficient (Wildman–Crippen LogP) is 9.59. The number of thiazole rings is 1. The second-order valence-electron chi connectivity index (χ2n) is 31.3. The number of piperidine rings is 1. The quantitative estimate of drug-likeness (QED) is 0.0140. The summed E-state index contributed by atoms with van der Waals surface area (Å²) in [4.78, 5) is 145. The number of carbonyl (C=O) groups is 10. The molecule has 6 aromatic rings. The second kappa shape index (κ2) is 33.2. The number of primary amides is 1. The number of hydrogen-bond acceptors (Lipinski definition) is 18. The number of hydrogen-bond donors (Lipinski definition) is 8. The summed E-state index contributed by atoms with van der Waals surface area (Å²) < 4.78 is 16.0. The van der Waals surface area contributed by atoms with Gasteiger partial charge < -0.3 is 56.5 Å². The molecule has 29 heteroatoms. The van der Waals surface area contributed by atoms with Crippen LogP contribution in [0.3, 0.4) is 0 Å². The van der Waals surface area contributed by atoms with Gasteiger partial charge in [-0.3, -0.25) is 53.4 Å². The van der Waals surface area contributed by atoms with Crippen LogP contribution in [0.15, 0.2) is 97.2 Å². The number of imide groups is 1. The van der Waals surface area contributed by atoms with Crippen molar-refractivity contribution in [1.82, 2.24) is 50.4 Å². The number of aliphatic carboxylic acids is 1. The standard InChI is InChI=1S/C79H98N14O14S/c1-49(2)67(87-63(94)18-7-6-10-32-92-64(95)25-26-65(92)96)71(101)84-60(16-12-31-81-73(80)104)70(100)83-53-21-19-51(20-22-53)41-106-75(105)90-34-28-54(29-35-90)89(36-30-66(97)98)37-38-107-79-45-76(4)42-77(5,46-79)44-78(43-76,47-79)48-93-50(3)57(39-82-93)55-23-24-62(86-68(55)72(102)103)91-33-27-52-13-11-14-56(58(52)40-91)69(99)88-74-85-59-15-8-9-17-61(59)108-74/h8-9,11,13-15,17,19-26,39,49,54,60,67H,6-7,10,12,16,18,27-38,40-48H2,1-5H3,(H,83,100)(H,84,101)(H,87,94)(H,97,98)(H,102,103)(H3,80,81,104)(H,85,88,99)/t60-,67-,76?,77?,78?,79?/m0/s1. The van der Waals surface area contributed by atoms with Crippen LogP contribution in [-0.2, 0) is 64.4 Å². The highest BCUT2D eigenvalue weighted by molar-refractivity contribution is 7.22. The van der Waals surface area contributed by atoms with Crippen molar-refractivity contribution in [2.45, 2.75) is 181 Å². The zero-order valence-corrected chi connectivity index (χ0v) is 62.8. The van der Waals surface area contributed by atoms with E-state index in [1.807, 2.05) is 71.1 Å². The number of anilines is 3. The summed E-state index contributed by atoms with van der Waals surface area (Å²) in [7, 11) is 0. The molecule has 13 rings (SSSR count). The summed E-state index contributed by atoms with van der Waals surface area (Å²) in [5.41, 5.74) is 10.9. The number of fused-ring (bicyclic) bond motifs is 2. The van der Waals surface area contributed by atoms with Crippen LogP contribution in [0, 0.1) is 29.1 Å². The zero-order valence-electron chi connectivity index (χ0n) is 62.0. The van der Waals surface area contributed by atoms with E-state index in [2.05, 4.69) is 50.3 Å². The molecule has 9 amide bonds. The summed E-state index contributed by atoms with van der Waals surface area (Å²) >= 11 is 1.41. The molecule has 0 radical (unpaired) electrons. The molecule has 3 aliphatic heterocycles. The fourth-order valence-corrected chi connectivity index (χ4v) is 19.2. The van der Waals surface area contributed by atoms with Gasteiger partial charge in [0.25, 0.3) is 17.7 Å². The number of ether oxygens (including phenoxy) is 2. The number of pyridine rings is 1. The molecule has 3 aromatic heterocycles. The molecule has 2 unspecified atom stereocenters. The Morgan fingerprint density at radius 2 is 1.51 bits per heavy atom. The maximum absolute atomic E-state index is 13.8. The van der Waals surface area contributed by atoms with Crippen LogP contribution in [0.5, 0.6) is 0 Å². The molecule has 1 saturated heterocycles. The first-order valence-corrected chi connectivity index (χ1v) is 38.3. The Kier molecular flexibility index (Phi) is 23.8. The number of likely N-dealkylation sites (tertiary alicyclic amines) is 1. The van der Waals surface area contributed by atoms with Gasteiger partial charge in [0.05, 0.1) is 35.0 Å². The number of para-hydroxylation sites is 1. The number of carbonyl (C=O) groups excluding carboxylic acids is 8. The second-order valence-corrected chi connectivity index (χ2v) is 32.4. The number of nitrogens with zero attached hydrogens (tertiary/aromatic N) is 8. The van der Waals surface area contributed by atoms with E-state index in [0.717, 1.165) is 70.5 Å². The molecule has 9 N–H and O–H groups in total. The topological polar surface area (TPSA) is 372 Å². The monoisotopic (exact) mass is 1500 g/mol. The van der Waals surface area contributed by atoms with E-state index in [0.29, 0.717) is 130 Å². The van der Waals surface area contributed by atoms with Gasteiger partial charge in [0.2, 0.25) is 17.7 Å². The number of amides is 9. The Morgan fingerprint density at radius 3 is 2.21 bits per heavy atom. The van der Waals surface area contributed by atoms with E-state index < -0.39 is 53.6 Å². The van der Waals surface area contributed by atoms with Gasteiger partial charge in [-0.1, -0.05) is 81.9 Å². The van der Waals surface area contributed by atoms with E-state index in [1.54, 1.807) is 49.2 Å². The molecule has 4 atom stereocenters. The van der Waals surface area contributed by atoms with E-state index in [4.69, 9.17) is 25.3 Å². The lowest BCUT2D eigenvalue weighted by Crippen LogP contribution is -2.64. The van der Waals surface area contributed by atoms with E-state index in [9.17, 15) is 58.2 Å². The Morgan fingerprint density at radius 1 is 0.769 bits per heavy atom. The molecule has 7 aliphatic rings. The average Bonchev–Trinajstić information content (AvgIpc) is 0.724. The van der Waals surface area contributed by atoms with E-state index in [-0.39, 0.29) is 103 Å². The molecule has 108 heavy (non-hydrogen) atoms. The Bertz CT molecular complexity index is 4360. The van der Waals surface area contributed by atoms with Gasteiger partial charge in [-0.2, -0.15) is 5.10 Å². The van der Waals surface area contributed by atoms with Crippen LogP contribution >= 0.6 is 11.3 Å². The number of unbranched alkanes of at least 4 members (excludes halogenated alkanes) is 2. The lowest BCUT2D eigenvalue weighted by molar-refractivity contribution is -0.249. The third-order valence-electron chi connectivity index (χ3n) is 22.2. The maximum atomic E-state index is 13.8. The molecule has 4 aliphatic carbocycles. The molecule has 6 heterocycles. The number of carboxylic acid groups (broad SMARTS) is 2. The highest BCUT2D eigenvalue weighted by atomic mass is 32.1. The molecule has 4 bridgehead atoms. The van der Waals surface area contributed by atoms with Crippen LogP contribution in [0.4, 0.5) is 26.2 Å². The smallest absolute Gasteiger partial charge is 0.410 e. The summed E-state index contributed by atoms with van der Waals surface area (Å²) in [6.07, 6.45) is 13.2. The van der Waals surface area contributed by atoms with Gasteiger partial charge in [0, 0.05) is 112 Å². The zero-order chi connectivity index (χ0) is 76.7. The Balaban J connectivity index is 0.620. The molecule has 4 saturated carbocycles. The first-order valence-electron chi connectivity index (χ1n) is 37.5. The van der Waals surface area contributed by atoms with Crippen molar-refractivity contribution >= 4 is 97.7 Å². The van der Waals surface area contributed by atoms with E-state index in [1.165, 1.54) is 23.5 Å². The van der Waals surface area contributed by atoms with Crippen molar-refractivity contribution in [2.24, 2.45) is 27.9 Å². The van der Waals surface area contributed by atoms with Crippen molar-refractivity contribution in [3.8, 4) is 11.1 Å². The lowest BCUT2D eigenvalue weighted by Gasteiger charge is -2.69. The van der Waals surface area contributed by atoms with Crippen molar-refractivity contribution < 1.29 is 67.6 Å². The van der Waals surface area contributed by atoms with Crippen LogP contribution < -0.4 is 37.2 Å². The summed E-state index contributed by atoms with van der Waals surface area (Å²) in [6.45, 7) is 14.2. The van der Waals surface area contributed by atoms with Crippen LogP contribution in [0.25, 0.3) is 21.3 Å². The van der Waals surface area contributed by atoms with Crippen molar-refractivity contribution in [3.63, 3.8) is 0 Å². The Hall–Kier alpha value is -10.1. The van der Waals surface area contributed by atoms with E-state index >= 15 is 0 Å². The normalized spacial score (nSPS) is 21.5. The number of aromatic nitrogens is 4. The number of aromatic carboxylic acids is 1. The van der Waals surface area contributed by atoms with Gasteiger partial charge in [-0.25, -0.2) is 24.4 Å². The molecular weight excluding hydrogens is 1400 g/mol. The van der Waals surface area contributed by atoms with Gasteiger partial charge in [-0.05, 0) is 172 Å². The van der Waals surface area contributed by atoms with Crippen molar-refractivity contribution in [2.75, 3.05) is 68.0 Å². The first kappa shape index (κ1) is 77.5. The van der Waals surface area contributed by atoms with Crippen LogP contribution in [0.2, 0.25) is 0 Å². The summed E-state index contributed by atoms with van der Waals surface area (Å²) in [6, 6.07) is 21.0. The minimum absolute atomic E-state index is 0.000910. The lowest BCUT2D eigenvalue weighted by atomic mass is 9.39. The minimum Gasteiger partial charge on any atom is -0.481 e. The predicted molar refractivity (Wildman–Crippen MR) is 404 cm³/mol. The van der Waals surface area contributed by atoms with Crippen LogP contribution in [-0.4, -0.2) is 180 Å². The highest BCUT2D eigenvalue weighted by Gasteiger charge is 2.66. The maximum Gasteiger partial charge on any atom is 0.410 e. The SMILES string of the molecule is Cc1c(-c2ccc(N3CCc4cccc(C(=O)Nc5nc6ccccc6s5)c4C3)nc2C(=O)O)cnn1CC12CC3(C)CC(C)(C1)CC(OCCN(CCC(=O)O)C1CCN(C(=O)OCc4ccc(NC(=O)[C@H](CCCNC(N)=O)NC(=O)[C@@H](NC(=O)CCCCCN5C(=O)C=CC5=O)C(C)C)cc4)CC1)(C3)C2. The number of rotatable bonds is 33. The third kappa shape index (κ3) is 18.5. The minimum atomic E-state index is -1.16. The van der Waals surface area contributed by atoms with Crippen LogP contribution in [0.1, 0.15) is 167 Å². The third-order valence-corrected chi connectivity index (χ3v) is 23.2. The van der Waals surface area contributed by atoms with Crippen molar-refractivity contribution in [1.29, 1.82) is 0 Å². The number of nitrogens with two attached hydrogens (primary N) is 1. The molecule has 5 fully saturated rings. The average molecular weight is 1500 g/mol. The largest absolute Gasteiger partial charge is 0.481 e. The molecular formula is C79H98N14O14S. The van der Waals surface area contributed by atoms with Gasteiger partial charge in [0.1, 0.15) is 24.5 Å². The summed E-state index contributed by atoms with van der Waals surface area (Å²) in [5, 5.41) is 40.1.